The van der Waals surface area contributed by atoms with Crippen LogP contribution in [-0.4, -0.2) is 14.8 Å². The van der Waals surface area contributed by atoms with E-state index in [1.165, 1.54) is 0 Å². The fraction of sp³-hybridized carbons (Fsp3) is 0.273. The van der Waals surface area contributed by atoms with Crippen molar-refractivity contribution in [1.29, 1.82) is 0 Å². The molecule has 0 aliphatic rings. The topological polar surface area (TPSA) is 68.8 Å². The van der Waals surface area contributed by atoms with Crippen molar-refractivity contribution in [1.82, 2.24) is 14.8 Å². The summed E-state index contributed by atoms with van der Waals surface area (Å²) in [6.45, 7) is 2.00. The van der Waals surface area contributed by atoms with Crippen LogP contribution in [0.2, 0.25) is 5.02 Å². The lowest BCUT2D eigenvalue weighted by atomic mass is 10.2. The smallest absolute Gasteiger partial charge is 0.154 e. The van der Waals surface area contributed by atoms with Crippen LogP contribution in [0.4, 0.5) is 11.4 Å². The molecule has 0 bridgehead atoms. The monoisotopic (exact) mass is 251 g/mol. The maximum Gasteiger partial charge on any atom is 0.154 e. The van der Waals surface area contributed by atoms with Gasteiger partial charge in [0.1, 0.15) is 6.33 Å². The number of nitrogen functional groups attached to an aromatic ring is 1. The summed E-state index contributed by atoms with van der Waals surface area (Å²) in [6.07, 6.45) is 1.66. The molecule has 3 N–H and O–H groups in total. The first-order valence-electron chi connectivity index (χ1n) is 5.23. The van der Waals surface area contributed by atoms with Crippen LogP contribution in [0.25, 0.3) is 0 Å². The molecule has 2 rings (SSSR count). The third-order valence-corrected chi connectivity index (χ3v) is 2.81. The highest BCUT2D eigenvalue weighted by molar-refractivity contribution is 6.33. The highest BCUT2D eigenvalue weighted by atomic mass is 35.5. The van der Waals surface area contributed by atoms with Gasteiger partial charge in [-0.25, -0.2) is 0 Å². The van der Waals surface area contributed by atoms with Gasteiger partial charge in [-0.3, -0.25) is 0 Å². The summed E-state index contributed by atoms with van der Waals surface area (Å²) in [4.78, 5) is 0. The van der Waals surface area contributed by atoms with Gasteiger partial charge in [0.25, 0.3) is 0 Å². The van der Waals surface area contributed by atoms with Crippen molar-refractivity contribution in [3.8, 4) is 0 Å². The predicted octanol–water partition coefficient (Wildman–Crippen LogP) is 2.22. The summed E-state index contributed by atoms with van der Waals surface area (Å²) in [5, 5.41) is 11.7. The molecule has 1 atom stereocenters. The van der Waals surface area contributed by atoms with E-state index in [1.807, 2.05) is 24.6 Å². The molecule has 0 fully saturated rings. The Balaban J connectivity index is 2.19. The van der Waals surface area contributed by atoms with Crippen LogP contribution in [0.5, 0.6) is 0 Å². The summed E-state index contributed by atoms with van der Waals surface area (Å²) >= 11 is 6.09. The first-order chi connectivity index (χ1) is 8.08. The molecule has 0 radical (unpaired) electrons. The fourth-order valence-electron chi connectivity index (χ4n) is 1.63. The van der Waals surface area contributed by atoms with Gasteiger partial charge in [-0.05, 0) is 25.1 Å². The molecule has 6 heteroatoms. The second kappa shape index (κ2) is 4.63. The summed E-state index contributed by atoms with van der Waals surface area (Å²) in [5.41, 5.74) is 7.11. The standard InChI is InChI=1S/C11H14ClN5/c1-7(11-16-14-6-17(11)2)15-10-4-3-8(13)5-9(10)12/h3-7,15H,13H2,1-2H3. The van der Waals surface area contributed by atoms with Crippen molar-refractivity contribution in [3.63, 3.8) is 0 Å². The second-order valence-electron chi connectivity index (χ2n) is 3.91. The average Bonchev–Trinajstić information content (AvgIpc) is 2.68. The van der Waals surface area contributed by atoms with Gasteiger partial charge in [0.05, 0.1) is 16.8 Å². The van der Waals surface area contributed by atoms with Gasteiger partial charge in [0.15, 0.2) is 5.82 Å². The van der Waals surface area contributed by atoms with Gasteiger partial charge in [-0.15, -0.1) is 10.2 Å². The van der Waals surface area contributed by atoms with Crippen LogP contribution < -0.4 is 11.1 Å². The van der Waals surface area contributed by atoms with Crippen molar-refractivity contribution in [2.75, 3.05) is 11.1 Å². The van der Waals surface area contributed by atoms with E-state index in [1.54, 1.807) is 18.5 Å². The molecule has 0 aliphatic carbocycles. The third kappa shape index (κ3) is 2.50. The number of halogens is 1. The van der Waals surface area contributed by atoms with Gasteiger partial charge >= 0.3 is 0 Å². The van der Waals surface area contributed by atoms with Crippen molar-refractivity contribution in [3.05, 3.63) is 35.4 Å². The van der Waals surface area contributed by atoms with Gasteiger partial charge in [0.2, 0.25) is 0 Å². The van der Waals surface area contributed by atoms with E-state index in [4.69, 9.17) is 17.3 Å². The van der Waals surface area contributed by atoms with E-state index >= 15 is 0 Å². The number of aryl methyl sites for hydroxylation is 1. The normalized spacial score (nSPS) is 12.4. The Morgan fingerprint density at radius 3 is 2.82 bits per heavy atom. The first kappa shape index (κ1) is 11.7. The molecular formula is C11H14ClN5. The average molecular weight is 252 g/mol. The Hall–Kier alpha value is -1.75. The Bertz CT molecular complexity index is 522. The largest absolute Gasteiger partial charge is 0.399 e. The molecule has 0 aliphatic heterocycles. The number of rotatable bonds is 3. The fourth-order valence-corrected chi connectivity index (χ4v) is 1.87. The van der Waals surface area contributed by atoms with Crippen LogP contribution in [0.15, 0.2) is 24.5 Å². The Morgan fingerprint density at radius 1 is 1.47 bits per heavy atom. The number of nitrogens with zero attached hydrogens (tertiary/aromatic N) is 3. The SMILES string of the molecule is CC(Nc1ccc(N)cc1Cl)c1nncn1C. The molecule has 5 nitrogen and oxygen atoms in total. The molecule has 2 aromatic rings. The molecule has 0 spiro atoms. The Kier molecular flexibility index (Phi) is 3.19. The lowest BCUT2D eigenvalue weighted by Crippen LogP contribution is -2.12. The maximum atomic E-state index is 6.09. The quantitative estimate of drug-likeness (QED) is 0.821. The zero-order chi connectivity index (χ0) is 12.4. The molecule has 17 heavy (non-hydrogen) atoms. The molecule has 1 aromatic carbocycles. The van der Waals surface area contributed by atoms with Gasteiger partial charge in [-0.1, -0.05) is 11.6 Å². The van der Waals surface area contributed by atoms with Crippen molar-refractivity contribution < 1.29 is 0 Å². The van der Waals surface area contributed by atoms with Crippen LogP contribution in [0.3, 0.4) is 0 Å². The summed E-state index contributed by atoms with van der Waals surface area (Å²) in [6, 6.07) is 5.39. The second-order valence-corrected chi connectivity index (χ2v) is 4.31. The zero-order valence-corrected chi connectivity index (χ0v) is 10.4. The summed E-state index contributed by atoms with van der Waals surface area (Å²) in [7, 11) is 1.90. The van der Waals surface area contributed by atoms with Gasteiger partial charge in [0, 0.05) is 12.7 Å². The van der Waals surface area contributed by atoms with E-state index < -0.39 is 0 Å². The van der Waals surface area contributed by atoms with Gasteiger partial charge in [-0.2, -0.15) is 0 Å². The number of nitrogens with one attached hydrogen (secondary N) is 1. The number of nitrogens with two attached hydrogens (primary N) is 1. The minimum Gasteiger partial charge on any atom is -0.399 e. The molecule has 0 saturated heterocycles. The van der Waals surface area contributed by atoms with Crippen LogP contribution >= 0.6 is 11.6 Å². The minimum atomic E-state index is 0.0172. The zero-order valence-electron chi connectivity index (χ0n) is 9.68. The summed E-state index contributed by atoms with van der Waals surface area (Å²) < 4.78 is 1.86. The number of aromatic nitrogens is 3. The molecule has 0 amide bonds. The van der Waals surface area contributed by atoms with E-state index in [9.17, 15) is 0 Å². The lowest BCUT2D eigenvalue weighted by Gasteiger charge is -2.15. The van der Waals surface area contributed by atoms with E-state index in [0.717, 1.165) is 11.5 Å². The van der Waals surface area contributed by atoms with Gasteiger partial charge < -0.3 is 15.6 Å². The molecule has 1 aromatic heterocycles. The van der Waals surface area contributed by atoms with E-state index in [2.05, 4.69) is 15.5 Å². The van der Waals surface area contributed by atoms with Crippen LogP contribution in [0.1, 0.15) is 18.8 Å². The highest BCUT2D eigenvalue weighted by Gasteiger charge is 2.12. The number of hydrogen-bond acceptors (Lipinski definition) is 4. The maximum absolute atomic E-state index is 6.09. The highest BCUT2D eigenvalue weighted by Crippen LogP contribution is 2.27. The Labute approximate surface area is 105 Å². The third-order valence-electron chi connectivity index (χ3n) is 2.50. The minimum absolute atomic E-state index is 0.0172. The Morgan fingerprint density at radius 2 is 2.24 bits per heavy atom. The van der Waals surface area contributed by atoms with E-state index in [-0.39, 0.29) is 6.04 Å². The lowest BCUT2D eigenvalue weighted by molar-refractivity contribution is 0.719. The van der Waals surface area contributed by atoms with Crippen LogP contribution in [-0.2, 0) is 7.05 Å². The number of anilines is 2. The molecule has 90 valence electrons. The molecular weight excluding hydrogens is 238 g/mol. The molecule has 1 unspecified atom stereocenters. The number of hydrogen-bond donors (Lipinski definition) is 2. The van der Waals surface area contributed by atoms with E-state index in [0.29, 0.717) is 10.7 Å². The van der Waals surface area contributed by atoms with Crippen molar-refractivity contribution >= 4 is 23.0 Å². The first-order valence-corrected chi connectivity index (χ1v) is 5.61. The molecule has 1 heterocycles. The molecule has 0 saturated carbocycles. The predicted molar refractivity (Wildman–Crippen MR) is 68.9 cm³/mol. The summed E-state index contributed by atoms with van der Waals surface area (Å²) in [5.74, 6) is 0.845. The van der Waals surface area contributed by atoms with Crippen molar-refractivity contribution in [2.45, 2.75) is 13.0 Å². The van der Waals surface area contributed by atoms with Crippen LogP contribution in [0, 0.1) is 0 Å². The van der Waals surface area contributed by atoms with Crippen molar-refractivity contribution in [2.24, 2.45) is 7.05 Å². The number of benzene rings is 1.